The molecule has 5 unspecified atom stereocenters. The standard InChI is InChI=1S/C25H40F4O7S/c1-5-22(31,6-2)20-12-16-11-17(14-20)18(21(13-16,15-20)23(32,7-3)8-4)19(30)36-10-9-24(26,27)25(28,29)37(33,34)35/h16-18,31-32H,5-15H2,1-4H3,(H,33,34,35). The normalized spacial score (nSPS) is 32.6. The van der Waals surface area contributed by atoms with Gasteiger partial charge in [-0.05, 0) is 69.6 Å². The Morgan fingerprint density at radius 3 is 1.97 bits per heavy atom. The van der Waals surface area contributed by atoms with E-state index in [0.717, 1.165) is 6.42 Å². The molecule has 0 aliphatic heterocycles. The highest BCUT2D eigenvalue weighted by Crippen LogP contribution is 2.74. The molecule has 0 radical (unpaired) electrons. The molecule has 3 N–H and O–H groups in total. The maximum absolute atomic E-state index is 14.0. The van der Waals surface area contributed by atoms with Crippen molar-refractivity contribution in [2.75, 3.05) is 6.61 Å². The summed E-state index contributed by atoms with van der Waals surface area (Å²) in [5, 5.41) is 17.8. The zero-order chi connectivity index (χ0) is 28.3. The fourth-order valence-electron chi connectivity index (χ4n) is 8.43. The largest absolute Gasteiger partial charge is 0.465 e. The van der Waals surface area contributed by atoms with Gasteiger partial charge in [0.1, 0.15) is 0 Å². The molecule has 4 aliphatic carbocycles. The van der Waals surface area contributed by atoms with Gasteiger partial charge in [-0.1, -0.05) is 27.7 Å². The molecule has 4 bridgehead atoms. The molecule has 4 saturated carbocycles. The summed E-state index contributed by atoms with van der Waals surface area (Å²) in [5.74, 6) is -7.07. The van der Waals surface area contributed by atoms with Gasteiger partial charge in [-0.3, -0.25) is 9.35 Å². The van der Waals surface area contributed by atoms with Crippen LogP contribution in [0, 0.1) is 28.6 Å². The van der Waals surface area contributed by atoms with Crippen LogP contribution >= 0.6 is 0 Å². The Labute approximate surface area is 216 Å². The van der Waals surface area contributed by atoms with E-state index in [-0.39, 0.29) is 11.8 Å². The first-order valence-electron chi connectivity index (χ1n) is 13.2. The highest BCUT2D eigenvalue weighted by Gasteiger charge is 2.73. The van der Waals surface area contributed by atoms with Gasteiger partial charge in [0.2, 0.25) is 0 Å². The Morgan fingerprint density at radius 1 is 0.946 bits per heavy atom. The fraction of sp³-hybridized carbons (Fsp3) is 0.960. The van der Waals surface area contributed by atoms with Crippen LogP contribution in [0.3, 0.4) is 0 Å². The highest BCUT2D eigenvalue weighted by atomic mass is 32.2. The number of ether oxygens (including phenoxy) is 1. The van der Waals surface area contributed by atoms with E-state index in [9.17, 15) is 41.0 Å². The minimum Gasteiger partial charge on any atom is -0.465 e. The fourth-order valence-corrected chi connectivity index (χ4v) is 8.91. The van der Waals surface area contributed by atoms with Crippen LogP contribution < -0.4 is 0 Å². The summed E-state index contributed by atoms with van der Waals surface area (Å²) >= 11 is 0. The Morgan fingerprint density at radius 2 is 1.49 bits per heavy atom. The number of aliphatic hydroxyl groups is 2. The molecule has 4 fully saturated rings. The number of hydrogen-bond donors (Lipinski definition) is 3. The second-order valence-corrected chi connectivity index (χ2v) is 13.1. The molecule has 0 aromatic rings. The third kappa shape index (κ3) is 4.41. The first-order valence-corrected chi connectivity index (χ1v) is 14.6. The van der Waals surface area contributed by atoms with Crippen LogP contribution in [-0.2, 0) is 19.6 Å². The van der Waals surface area contributed by atoms with E-state index < -0.39 is 68.2 Å². The van der Waals surface area contributed by atoms with Gasteiger partial charge in [0.25, 0.3) is 0 Å². The summed E-state index contributed by atoms with van der Waals surface area (Å²) in [5.41, 5.74) is -3.82. The molecule has 37 heavy (non-hydrogen) atoms. The van der Waals surface area contributed by atoms with Crippen molar-refractivity contribution < 1.29 is 50.3 Å². The summed E-state index contributed by atoms with van der Waals surface area (Å²) in [6.45, 7) is 6.25. The van der Waals surface area contributed by atoms with Crippen molar-refractivity contribution >= 4 is 16.1 Å². The minimum atomic E-state index is -6.39. The zero-order valence-electron chi connectivity index (χ0n) is 21.9. The molecule has 7 nitrogen and oxygen atoms in total. The number of carbonyl (C=O) groups is 1. The lowest BCUT2D eigenvalue weighted by molar-refractivity contribution is -0.281. The first kappa shape index (κ1) is 30.6. The van der Waals surface area contributed by atoms with Gasteiger partial charge in [-0.15, -0.1) is 0 Å². The van der Waals surface area contributed by atoms with Gasteiger partial charge in [-0.25, -0.2) is 0 Å². The maximum atomic E-state index is 14.0. The van der Waals surface area contributed by atoms with Crippen molar-refractivity contribution in [3.63, 3.8) is 0 Å². The van der Waals surface area contributed by atoms with E-state index in [4.69, 9.17) is 9.29 Å². The molecule has 0 aromatic heterocycles. The monoisotopic (exact) mass is 560 g/mol. The van der Waals surface area contributed by atoms with Gasteiger partial charge in [0.05, 0.1) is 30.1 Å². The van der Waals surface area contributed by atoms with E-state index in [1.165, 1.54) is 0 Å². The number of alkyl halides is 4. The van der Waals surface area contributed by atoms with E-state index in [2.05, 4.69) is 0 Å². The zero-order valence-corrected chi connectivity index (χ0v) is 22.7. The Balaban J connectivity index is 1.93. The van der Waals surface area contributed by atoms with E-state index in [1.54, 1.807) is 13.8 Å². The van der Waals surface area contributed by atoms with Crippen molar-refractivity contribution in [2.24, 2.45) is 28.6 Å². The maximum Gasteiger partial charge on any atom is 0.431 e. The lowest BCUT2D eigenvalue weighted by atomic mass is 9.34. The summed E-state index contributed by atoms with van der Waals surface area (Å²) in [4.78, 5) is 13.4. The van der Waals surface area contributed by atoms with Crippen LogP contribution in [0.15, 0.2) is 0 Å². The van der Waals surface area contributed by atoms with Crippen molar-refractivity contribution in [3.05, 3.63) is 0 Å². The minimum absolute atomic E-state index is 0.156. The third-order valence-electron chi connectivity index (χ3n) is 10.3. The van der Waals surface area contributed by atoms with E-state index in [1.807, 2.05) is 13.8 Å². The second kappa shape index (κ2) is 9.59. The van der Waals surface area contributed by atoms with Gasteiger partial charge < -0.3 is 14.9 Å². The third-order valence-corrected chi connectivity index (χ3v) is 11.2. The van der Waals surface area contributed by atoms with Crippen LogP contribution in [0.5, 0.6) is 0 Å². The number of esters is 1. The van der Waals surface area contributed by atoms with Gasteiger partial charge in [0.15, 0.2) is 0 Å². The van der Waals surface area contributed by atoms with E-state index >= 15 is 0 Å². The van der Waals surface area contributed by atoms with Crippen molar-refractivity contribution in [1.82, 2.24) is 0 Å². The molecule has 0 saturated heterocycles. The Bertz CT molecular complexity index is 980. The topological polar surface area (TPSA) is 121 Å². The molecule has 12 heteroatoms. The average Bonchev–Trinajstić information content (AvgIpc) is 2.81. The van der Waals surface area contributed by atoms with Crippen molar-refractivity contribution in [1.29, 1.82) is 0 Å². The number of halogens is 4. The molecule has 0 amide bonds. The van der Waals surface area contributed by atoms with Crippen LogP contribution in [-0.4, -0.2) is 58.1 Å². The molecular weight excluding hydrogens is 520 g/mol. The van der Waals surface area contributed by atoms with Gasteiger partial charge >= 0.3 is 27.3 Å². The predicted molar refractivity (Wildman–Crippen MR) is 127 cm³/mol. The first-order chi connectivity index (χ1) is 16.8. The van der Waals surface area contributed by atoms with Crippen LogP contribution in [0.2, 0.25) is 0 Å². The summed E-state index contributed by atoms with van der Waals surface area (Å²) in [6.07, 6.45) is 2.62. The van der Waals surface area contributed by atoms with Crippen LogP contribution in [0.1, 0.15) is 91.9 Å². The molecule has 5 atom stereocenters. The van der Waals surface area contributed by atoms with Crippen molar-refractivity contribution in [3.8, 4) is 0 Å². The highest BCUT2D eigenvalue weighted by molar-refractivity contribution is 7.87. The number of hydrogen-bond acceptors (Lipinski definition) is 6. The quantitative estimate of drug-likeness (QED) is 0.175. The molecule has 0 heterocycles. The molecule has 0 spiro atoms. The molecule has 4 rings (SSSR count). The molecular formula is C25H40F4O7S. The lowest BCUT2D eigenvalue weighted by Gasteiger charge is -2.71. The van der Waals surface area contributed by atoms with Crippen molar-refractivity contribution in [2.45, 2.75) is 114 Å². The average molecular weight is 561 g/mol. The number of rotatable bonds is 12. The molecule has 216 valence electrons. The number of carbonyl (C=O) groups excluding carboxylic acids is 1. The smallest absolute Gasteiger partial charge is 0.431 e. The Hall–Kier alpha value is -0.980. The van der Waals surface area contributed by atoms with Gasteiger partial charge in [0, 0.05) is 10.8 Å². The second-order valence-electron chi connectivity index (χ2n) is 11.7. The van der Waals surface area contributed by atoms with Gasteiger partial charge in [-0.2, -0.15) is 26.0 Å². The Kier molecular flexibility index (Phi) is 7.92. The van der Waals surface area contributed by atoms with E-state index in [0.29, 0.717) is 51.4 Å². The summed E-state index contributed by atoms with van der Waals surface area (Å²) < 4.78 is 90.2. The SMILES string of the molecule is CCC(O)(CC)C12CC3CC(C1)C(C(=O)OCCC(F)(F)C(F)(F)S(=O)(=O)O)C(C(O)(CC)CC)(C3)C2. The summed E-state index contributed by atoms with van der Waals surface area (Å²) in [7, 11) is -6.39. The van der Waals surface area contributed by atoms with Crippen LogP contribution in [0.4, 0.5) is 17.6 Å². The predicted octanol–water partition coefficient (Wildman–Crippen LogP) is 4.95. The summed E-state index contributed by atoms with van der Waals surface area (Å²) in [6, 6.07) is 0. The lowest BCUT2D eigenvalue weighted by Crippen LogP contribution is -2.71. The molecule has 4 aliphatic rings. The van der Waals surface area contributed by atoms with Crippen LogP contribution in [0.25, 0.3) is 0 Å². The molecule has 0 aromatic carbocycles.